The molecule has 2 aromatic carbocycles. The summed E-state index contributed by atoms with van der Waals surface area (Å²) in [6, 6.07) is 8.47. The molecule has 4 nitrogen and oxygen atoms in total. The van der Waals surface area contributed by atoms with Gasteiger partial charge in [-0.05, 0) is 17.2 Å². The van der Waals surface area contributed by atoms with Crippen molar-refractivity contribution in [3.05, 3.63) is 64.7 Å². The van der Waals surface area contributed by atoms with Crippen LogP contribution in [0.5, 0.6) is 0 Å². The molecule has 0 saturated heterocycles. The zero-order valence-corrected chi connectivity index (χ0v) is 11.1. The Morgan fingerprint density at radius 2 is 1.71 bits per heavy atom. The number of amides is 1. The van der Waals surface area contributed by atoms with Gasteiger partial charge in [0.15, 0.2) is 0 Å². The normalized spacial score (nSPS) is 10.4. The molecular formula is C15H14F2N2O2. The fourth-order valence-electron chi connectivity index (χ4n) is 1.78. The summed E-state index contributed by atoms with van der Waals surface area (Å²) in [5.74, 6) is -2.54. The van der Waals surface area contributed by atoms with Gasteiger partial charge in [-0.3, -0.25) is 4.79 Å². The van der Waals surface area contributed by atoms with E-state index in [1.165, 1.54) is 0 Å². The molecule has 1 amide bonds. The van der Waals surface area contributed by atoms with Crippen LogP contribution in [0.25, 0.3) is 0 Å². The maximum Gasteiger partial charge on any atom is 0.254 e. The number of anilines is 1. The van der Waals surface area contributed by atoms with Crippen molar-refractivity contribution in [3.8, 4) is 0 Å². The topological polar surface area (TPSA) is 75.4 Å². The molecule has 0 atom stereocenters. The van der Waals surface area contributed by atoms with E-state index in [0.717, 1.165) is 17.2 Å². The second-order valence-electron chi connectivity index (χ2n) is 4.51. The van der Waals surface area contributed by atoms with Gasteiger partial charge in [0.05, 0.1) is 17.9 Å². The number of aliphatic hydroxyl groups is 1. The zero-order chi connectivity index (χ0) is 15.4. The van der Waals surface area contributed by atoms with Crippen molar-refractivity contribution < 1.29 is 18.7 Å². The molecule has 0 fully saturated rings. The van der Waals surface area contributed by atoms with Crippen molar-refractivity contribution >= 4 is 11.6 Å². The summed E-state index contributed by atoms with van der Waals surface area (Å²) in [6.07, 6.45) is 0. The van der Waals surface area contributed by atoms with Crippen LogP contribution in [0.4, 0.5) is 14.5 Å². The lowest BCUT2D eigenvalue weighted by Gasteiger charge is -2.08. The fourth-order valence-corrected chi connectivity index (χ4v) is 1.78. The highest BCUT2D eigenvalue weighted by Gasteiger charge is 2.14. The van der Waals surface area contributed by atoms with Gasteiger partial charge in [-0.2, -0.15) is 0 Å². The summed E-state index contributed by atoms with van der Waals surface area (Å²) < 4.78 is 26.5. The first kappa shape index (κ1) is 14.9. The third kappa shape index (κ3) is 3.55. The van der Waals surface area contributed by atoms with E-state index >= 15 is 0 Å². The highest BCUT2D eigenvalue weighted by Crippen LogP contribution is 2.16. The van der Waals surface area contributed by atoms with Crippen molar-refractivity contribution in [1.29, 1.82) is 0 Å². The van der Waals surface area contributed by atoms with Gasteiger partial charge in [-0.15, -0.1) is 0 Å². The molecule has 0 aliphatic rings. The number of carbonyl (C=O) groups excluding carboxylic acids is 1. The largest absolute Gasteiger partial charge is 0.396 e. The SMILES string of the molecule is Nc1cc(C(=O)NCc2ccc(CO)cc2)c(F)cc1F. The molecule has 0 unspecified atom stereocenters. The van der Waals surface area contributed by atoms with Crippen LogP contribution in [-0.2, 0) is 13.2 Å². The van der Waals surface area contributed by atoms with Crippen molar-refractivity contribution in [2.75, 3.05) is 5.73 Å². The van der Waals surface area contributed by atoms with Crippen molar-refractivity contribution in [1.82, 2.24) is 5.32 Å². The number of aliphatic hydroxyl groups excluding tert-OH is 1. The molecule has 0 spiro atoms. The quantitative estimate of drug-likeness (QED) is 0.754. The van der Waals surface area contributed by atoms with Gasteiger partial charge in [0.1, 0.15) is 11.6 Å². The zero-order valence-electron chi connectivity index (χ0n) is 11.1. The second-order valence-corrected chi connectivity index (χ2v) is 4.51. The molecule has 21 heavy (non-hydrogen) atoms. The molecule has 0 radical (unpaired) electrons. The molecule has 0 aliphatic carbocycles. The summed E-state index contributed by atoms with van der Waals surface area (Å²) in [7, 11) is 0. The number of nitrogens with one attached hydrogen (secondary N) is 1. The van der Waals surface area contributed by atoms with Gasteiger partial charge in [0.25, 0.3) is 5.91 Å². The Morgan fingerprint density at radius 1 is 1.10 bits per heavy atom. The van der Waals surface area contributed by atoms with Gasteiger partial charge in [0.2, 0.25) is 0 Å². The molecule has 0 aromatic heterocycles. The number of nitrogens with two attached hydrogens (primary N) is 1. The van der Waals surface area contributed by atoms with E-state index in [9.17, 15) is 13.6 Å². The minimum absolute atomic E-state index is 0.0628. The number of benzene rings is 2. The van der Waals surface area contributed by atoms with Gasteiger partial charge >= 0.3 is 0 Å². The van der Waals surface area contributed by atoms with Crippen LogP contribution in [0.1, 0.15) is 21.5 Å². The molecule has 4 N–H and O–H groups in total. The van der Waals surface area contributed by atoms with E-state index in [0.29, 0.717) is 6.07 Å². The smallest absolute Gasteiger partial charge is 0.254 e. The Bertz CT molecular complexity index is 657. The van der Waals surface area contributed by atoms with Crippen LogP contribution in [-0.4, -0.2) is 11.0 Å². The van der Waals surface area contributed by atoms with Crippen LogP contribution in [0.2, 0.25) is 0 Å². The highest BCUT2D eigenvalue weighted by atomic mass is 19.1. The summed E-state index contributed by atoms with van der Waals surface area (Å²) >= 11 is 0. The Morgan fingerprint density at radius 3 is 2.33 bits per heavy atom. The highest BCUT2D eigenvalue weighted by molar-refractivity contribution is 5.95. The Hall–Kier alpha value is -2.47. The first-order valence-corrected chi connectivity index (χ1v) is 6.22. The summed E-state index contributed by atoms with van der Waals surface area (Å²) in [4.78, 5) is 11.9. The Labute approximate surface area is 120 Å². The standard InChI is InChI=1S/C15H14F2N2O2/c16-12-6-13(17)14(18)5-11(12)15(21)19-7-9-1-3-10(8-20)4-2-9/h1-6,20H,7-8,18H2,(H,19,21). The number of carbonyl (C=O) groups is 1. The lowest BCUT2D eigenvalue weighted by molar-refractivity contribution is 0.0947. The number of rotatable bonds is 4. The monoisotopic (exact) mass is 292 g/mol. The van der Waals surface area contributed by atoms with Gasteiger partial charge in [0, 0.05) is 12.6 Å². The average Bonchev–Trinajstić information content (AvgIpc) is 2.49. The van der Waals surface area contributed by atoms with Gasteiger partial charge < -0.3 is 16.2 Å². The first-order chi connectivity index (χ1) is 10.0. The summed E-state index contributed by atoms with van der Waals surface area (Å²) in [6.45, 7) is 0.119. The van der Waals surface area contributed by atoms with Crippen molar-refractivity contribution in [2.45, 2.75) is 13.2 Å². The van der Waals surface area contributed by atoms with Crippen LogP contribution >= 0.6 is 0 Å². The van der Waals surface area contributed by atoms with E-state index < -0.39 is 17.5 Å². The first-order valence-electron chi connectivity index (χ1n) is 6.22. The molecular weight excluding hydrogens is 278 g/mol. The van der Waals surface area contributed by atoms with Crippen LogP contribution in [0.15, 0.2) is 36.4 Å². The summed E-state index contributed by atoms with van der Waals surface area (Å²) in [5.41, 5.74) is 6.27. The fraction of sp³-hybridized carbons (Fsp3) is 0.133. The predicted molar refractivity (Wildman–Crippen MR) is 74.3 cm³/mol. The van der Waals surface area contributed by atoms with E-state index in [1.807, 2.05) is 0 Å². The number of hydrogen-bond acceptors (Lipinski definition) is 3. The lowest BCUT2D eigenvalue weighted by Crippen LogP contribution is -2.24. The third-order valence-corrected chi connectivity index (χ3v) is 2.99. The van der Waals surface area contributed by atoms with Crippen molar-refractivity contribution in [3.63, 3.8) is 0 Å². The second kappa shape index (κ2) is 6.32. The van der Waals surface area contributed by atoms with Crippen LogP contribution in [0.3, 0.4) is 0 Å². The van der Waals surface area contributed by atoms with E-state index in [4.69, 9.17) is 10.8 Å². The molecule has 2 aromatic rings. The molecule has 0 heterocycles. The predicted octanol–water partition coefficient (Wildman–Crippen LogP) is 1.97. The average molecular weight is 292 g/mol. The minimum atomic E-state index is -0.963. The molecule has 0 saturated carbocycles. The van der Waals surface area contributed by atoms with Gasteiger partial charge in [-0.25, -0.2) is 8.78 Å². The Balaban J connectivity index is 2.06. The van der Waals surface area contributed by atoms with E-state index in [1.54, 1.807) is 24.3 Å². The third-order valence-electron chi connectivity index (χ3n) is 2.99. The molecule has 6 heteroatoms. The molecule has 110 valence electrons. The number of halogens is 2. The Kier molecular flexibility index (Phi) is 4.49. The number of nitrogen functional groups attached to an aromatic ring is 1. The lowest BCUT2D eigenvalue weighted by atomic mass is 10.1. The summed E-state index contributed by atoms with van der Waals surface area (Å²) in [5, 5.41) is 11.4. The molecule has 0 aliphatic heterocycles. The maximum atomic E-state index is 13.5. The molecule has 0 bridgehead atoms. The minimum Gasteiger partial charge on any atom is -0.396 e. The maximum absolute atomic E-state index is 13.5. The van der Waals surface area contributed by atoms with E-state index in [2.05, 4.69) is 5.32 Å². The molecule has 2 rings (SSSR count). The van der Waals surface area contributed by atoms with Crippen LogP contribution < -0.4 is 11.1 Å². The van der Waals surface area contributed by atoms with Crippen LogP contribution in [0, 0.1) is 11.6 Å². The van der Waals surface area contributed by atoms with Gasteiger partial charge in [-0.1, -0.05) is 24.3 Å². The van der Waals surface area contributed by atoms with Crippen molar-refractivity contribution in [2.24, 2.45) is 0 Å². The number of hydrogen-bond donors (Lipinski definition) is 3. The van der Waals surface area contributed by atoms with E-state index in [-0.39, 0.29) is 24.4 Å².